The molecule has 1 aromatic carbocycles. The molecule has 1 aromatic rings. The molecule has 2 aliphatic rings. The Morgan fingerprint density at radius 3 is 2.76 bits per heavy atom. The third-order valence-corrected chi connectivity index (χ3v) is 3.84. The van der Waals surface area contributed by atoms with Crippen LogP contribution in [-0.4, -0.2) is 31.3 Å². The number of anilines is 1. The van der Waals surface area contributed by atoms with Crippen molar-refractivity contribution in [2.75, 3.05) is 24.5 Å². The summed E-state index contributed by atoms with van der Waals surface area (Å²) in [6.45, 7) is 2.31. The molecule has 1 spiro atoms. The Morgan fingerprint density at radius 1 is 1.35 bits per heavy atom. The van der Waals surface area contributed by atoms with E-state index in [2.05, 4.69) is 21.2 Å². The van der Waals surface area contributed by atoms with Crippen molar-refractivity contribution in [2.45, 2.75) is 12.0 Å². The van der Waals surface area contributed by atoms with Gasteiger partial charge in [0.15, 0.2) is 0 Å². The number of carbonyl (C=O) groups is 1. The van der Waals surface area contributed by atoms with Gasteiger partial charge in [-0.15, -0.1) is 0 Å². The summed E-state index contributed by atoms with van der Waals surface area (Å²) in [4.78, 5) is 13.6. The summed E-state index contributed by atoms with van der Waals surface area (Å²) in [5, 5.41) is 3.25. The second kappa shape index (κ2) is 3.99. The number of hydrogen-bond donors (Lipinski definition) is 1. The third kappa shape index (κ3) is 1.93. The summed E-state index contributed by atoms with van der Waals surface area (Å²) in [6.07, 6.45) is 0.655. The van der Waals surface area contributed by atoms with Gasteiger partial charge in [-0.2, -0.15) is 0 Å². The van der Waals surface area contributed by atoms with E-state index in [4.69, 9.17) is 4.74 Å². The third-order valence-electron chi connectivity index (χ3n) is 3.31. The first-order chi connectivity index (χ1) is 8.19. The topological polar surface area (TPSA) is 41.6 Å². The summed E-state index contributed by atoms with van der Waals surface area (Å²) < 4.78 is 6.53. The first-order valence-corrected chi connectivity index (χ1v) is 6.45. The average Bonchev–Trinajstić information content (AvgIpc) is 2.88. The molecule has 0 aliphatic carbocycles. The van der Waals surface area contributed by atoms with Crippen LogP contribution in [0.15, 0.2) is 28.7 Å². The molecule has 1 atom stereocenters. The van der Waals surface area contributed by atoms with E-state index in [0.717, 1.165) is 29.7 Å². The fourth-order valence-electron chi connectivity index (χ4n) is 2.39. The van der Waals surface area contributed by atoms with Crippen LogP contribution in [0.4, 0.5) is 10.5 Å². The van der Waals surface area contributed by atoms with E-state index in [0.29, 0.717) is 6.54 Å². The van der Waals surface area contributed by atoms with Gasteiger partial charge in [-0.3, -0.25) is 4.90 Å². The molecule has 5 heteroatoms. The molecule has 2 fully saturated rings. The highest BCUT2D eigenvalue weighted by Gasteiger charge is 2.47. The van der Waals surface area contributed by atoms with Crippen LogP contribution >= 0.6 is 15.9 Å². The van der Waals surface area contributed by atoms with Gasteiger partial charge >= 0.3 is 6.09 Å². The second-order valence-electron chi connectivity index (χ2n) is 4.54. The monoisotopic (exact) mass is 296 g/mol. The number of amides is 1. The zero-order valence-electron chi connectivity index (χ0n) is 9.28. The highest BCUT2D eigenvalue weighted by atomic mass is 79.9. The molecule has 0 bridgehead atoms. The maximum atomic E-state index is 11.9. The molecule has 1 amide bonds. The number of benzene rings is 1. The minimum absolute atomic E-state index is 0.240. The van der Waals surface area contributed by atoms with Crippen LogP contribution in [0, 0.1) is 0 Å². The van der Waals surface area contributed by atoms with E-state index in [-0.39, 0.29) is 11.7 Å². The summed E-state index contributed by atoms with van der Waals surface area (Å²) >= 11 is 3.38. The lowest BCUT2D eigenvalue weighted by Crippen LogP contribution is -2.36. The summed E-state index contributed by atoms with van der Waals surface area (Å²) in [5.74, 6) is 0. The molecule has 2 saturated heterocycles. The van der Waals surface area contributed by atoms with Gasteiger partial charge in [0.25, 0.3) is 0 Å². The SMILES string of the molecule is O=C1OC2(CCNC2)CN1c1ccc(Br)cc1. The van der Waals surface area contributed by atoms with Gasteiger partial charge in [0.05, 0.1) is 6.54 Å². The van der Waals surface area contributed by atoms with E-state index in [1.54, 1.807) is 4.90 Å². The number of ether oxygens (including phenoxy) is 1. The molecule has 17 heavy (non-hydrogen) atoms. The van der Waals surface area contributed by atoms with Crippen LogP contribution in [0.2, 0.25) is 0 Å². The maximum Gasteiger partial charge on any atom is 0.415 e. The van der Waals surface area contributed by atoms with Crippen molar-refractivity contribution >= 4 is 27.7 Å². The van der Waals surface area contributed by atoms with Gasteiger partial charge in [0, 0.05) is 23.1 Å². The predicted molar refractivity (Wildman–Crippen MR) is 68.2 cm³/mol. The average molecular weight is 297 g/mol. The molecule has 0 saturated carbocycles. The maximum absolute atomic E-state index is 11.9. The van der Waals surface area contributed by atoms with Gasteiger partial charge in [0.1, 0.15) is 5.60 Å². The van der Waals surface area contributed by atoms with Crippen molar-refractivity contribution in [1.82, 2.24) is 5.32 Å². The van der Waals surface area contributed by atoms with Crippen LogP contribution in [-0.2, 0) is 4.74 Å². The number of carbonyl (C=O) groups excluding carboxylic acids is 1. The lowest BCUT2D eigenvalue weighted by Gasteiger charge is -2.19. The van der Waals surface area contributed by atoms with Crippen LogP contribution < -0.4 is 10.2 Å². The minimum atomic E-state index is -0.315. The van der Waals surface area contributed by atoms with Crippen molar-refractivity contribution < 1.29 is 9.53 Å². The van der Waals surface area contributed by atoms with Crippen molar-refractivity contribution in [3.8, 4) is 0 Å². The Morgan fingerprint density at radius 2 is 2.12 bits per heavy atom. The second-order valence-corrected chi connectivity index (χ2v) is 5.46. The molecule has 0 radical (unpaired) electrons. The van der Waals surface area contributed by atoms with E-state index >= 15 is 0 Å². The zero-order chi connectivity index (χ0) is 11.9. The predicted octanol–water partition coefficient (Wildman–Crippen LogP) is 2.14. The van der Waals surface area contributed by atoms with Gasteiger partial charge in [-0.05, 0) is 30.8 Å². The highest BCUT2D eigenvalue weighted by Crippen LogP contribution is 2.32. The molecule has 2 aliphatic heterocycles. The summed E-state index contributed by atoms with van der Waals surface area (Å²) in [7, 11) is 0. The first kappa shape index (κ1) is 11.0. The minimum Gasteiger partial charge on any atom is -0.439 e. The molecular weight excluding hydrogens is 284 g/mol. The van der Waals surface area contributed by atoms with E-state index in [9.17, 15) is 4.79 Å². The smallest absolute Gasteiger partial charge is 0.415 e. The van der Waals surface area contributed by atoms with E-state index in [1.807, 2.05) is 24.3 Å². The largest absolute Gasteiger partial charge is 0.439 e. The summed E-state index contributed by atoms with van der Waals surface area (Å²) in [6, 6.07) is 7.71. The van der Waals surface area contributed by atoms with Crippen LogP contribution in [0.25, 0.3) is 0 Å². The zero-order valence-corrected chi connectivity index (χ0v) is 10.9. The quantitative estimate of drug-likeness (QED) is 0.863. The molecular formula is C12H13BrN2O2. The number of nitrogens with zero attached hydrogens (tertiary/aromatic N) is 1. The molecule has 1 N–H and O–H groups in total. The fourth-order valence-corrected chi connectivity index (χ4v) is 2.65. The molecule has 2 heterocycles. The van der Waals surface area contributed by atoms with Gasteiger partial charge < -0.3 is 10.1 Å². The van der Waals surface area contributed by atoms with Gasteiger partial charge in [-0.25, -0.2) is 4.79 Å². The Hall–Kier alpha value is -1.07. The van der Waals surface area contributed by atoms with E-state index in [1.165, 1.54) is 0 Å². The lowest BCUT2D eigenvalue weighted by atomic mass is 10.0. The Kier molecular flexibility index (Phi) is 2.60. The highest BCUT2D eigenvalue weighted by molar-refractivity contribution is 9.10. The Labute approximate surface area is 108 Å². The summed E-state index contributed by atoms with van der Waals surface area (Å²) in [5.41, 5.74) is 0.575. The van der Waals surface area contributed by atoms with Crippen molar-refractivity contribution in [1.29, 1.82) is 0 Å². The molecule has 4 nitrogen and oxygen atoms in total. The van der Waals surface area contributed by atoms with Crippen molar-refractivity contribution in [2.24, 2.45) is 0 Å². The Balaban J connectivity index is 1.85. The van der Waals surface area contributed by atoms with E-state index < -0.39 is 0 Å². The van der Waals surface area contributed by atoms with Crippen molar-refractivity contribution in [3.05, 3.63) is 28.7 Å². The van der Waals surface area contributed by atoms with Gasteiger partial charge in [0.2, 0.25) is 0 Å². The standard InChI is InChI=1S/C12H13BrN2O2/c13-9-1-3-10(4-2-9)15-8-12(17-11(15)16)5-6-14-7-12/h1-4,14H,5-8H2. The molecule has 0 aromatic heterocycles. The number of nitrogens with one attached hydrogen (secondary N) is 1. The van der Waals surface area contributed by atoms with Crippen molar-refractivity contribution in [3.63, 3.8) is 0 Å². The number of rotatable bonds is 1. The van der Waals surface area contributed by atoms with Crippen LogP contribution in [0.1, 0.15) is 6.42 Å². The molecule has 1 unspecified atom stereocenters. The number of halogens is 1. The Bertz CT molecular complexity index is 440. The first-order valence-electron chi connectivity index (χ1n) is 5.65. The fraction of sp³-hybridized carbons (Fsp3) is 0.417. The number of hydrogen-bond acceptors (Lipinski definition) is 3. The lowest BCUT2D eigenvalue weighted by molar-refractivity contribution is 0.0733. The molecule has 3 rings (SSSR count). The van der Waals surface area contributed by atoms with Gasteiger partial charge in [-0.1, -0.05) is 15.9 Å². The van der Waals surface area contributed by atoms with Crippen LogP contribution in [0.5, 0.6) is 0 Å². The normalized spacial score (nSPS) is 27.8. The van der Waals surface area contributed by atoms with Crippen LogP contribution in [0.3, 0.4) is 0 Å². The molecule has 90 valence electrons.